The van der Waals surface area contributed by atoms with Gasteiger partial charge in [0, 0.05) is 12.7 Å². The van der Waals surface area contributed by atoms with E-state index in [1.54, 1.807) is 46.0 Å². The van der Waals surface area contributed by atoms with Crippen LogP contribution in [0.3, 0.4) is 0 Å². The first-order chi connectivity index (χ1) is 16.2. The summed E-state index contributed by atoms with van der Waals surface area (Å²) in [4.78, 5) is 33.2. The molecule has 4 rings (SSSR count). The first-order valence-corrected chi connectivity index (χ1v) is 11.2. The van der Waals surface area contributed by atoms with E-state index < -0.39 is 34.6 Å². The quantitative estimate of drug-likeness (QED) is 0.573. The van der Waals surface area contributed by atoms with E-state index in [1.807, 2.05) is 0 Å². The van der Waals surface area contributed by atoms with Gasteiger partial charge >= 0.3 is 12.2 Å². The SMILES string of the molecule is CC(C)(C#N)Nc1cc(CN2C(=O)N(c3ccc(C4(C(F)(F)F)CC4)cc3)C(=O)C2(C)C)ccn1. The summed E-state index contributed by atoms with van der Waals surface area (Å²) in [5, 5.41) is 12.2. The van der Waals surface area contributed by atoms with Crippen molar-refractivity contribution in [1.29, 1.82) is 5.26 Å². The fourth-order valence-electron chi connectivity index (χ4n) is 4.29. The van der Waals surface area contributed by atoms with Gasteiger partial charge in [0.15, 0.2) is 0 Å². The number of pyridine rings is 1. The Morgan fingerprint density at radius 3 is 2.29 bits per heavy atom. The van der Waals surface area contributed by atoms with Gasteiger partial charge < -0.3 is 10.2 Å². The number of aromatic nitrogens is 1. The van der Waals surface area contributed by atoms with Crippen LogP contribution in [0.2, 0.25) is 0 Å². The minimum Gasteiger partial charge on any atom is -0.353 e. The zero-order valence-electron chi connectivity index (χ0n) is 19.9. The molecule has 1 saturated carbocycles. The highest BCUT2D eigenvalue weighted by Crippen LogP contribution is 2.59. The van der Waals surface area contributed by atoms with E-state index in [0.29, 0.717) is 11.4 Å². The maximum atomic E-state index is 13.5. The molecule has 35 heavy (non-hydrogen) atoms. The predicted molar refractivity (Wildman–Crippen MR) is 123 cm³/mol. The Labute approximate surface area is 201 Å². The van der Waals surface area contributed by atoms with Crippen LogP contribution in [-0.2, 0) is 16.8 Å². The Morgan fingerprint density at radius 1 is 1.11 bits per heavy atom. The molecule has 2 aliphatic rings. The molecule has 0 radical (unpaired) electrons. The largest absolute Gasteiger partial charge is 0.398 e. The van der Waals surface area contributed by atoms with Gasteiger partial charge in [0.2, 0.25) is 0 Å². The monoisotopic (exact) mass is 485 g/mol. The maximum Gasteiger partial charge on any atom is 0.398 e. The average molecular weight is 486 g/mol. The number of carbonyl (C=O) groups excluding carboxylic acids is 2. The summed E-state index contributed by atoms with van der Waals surface area (Å²) in [5.74, 6) is -0.0128. The number of alkyl halides is 3. The van der Waals surface area contributed by atoms with E-state index in [2.05, 4.69) is 16.4 Å². The molecule has 0 bridgehead atoms. The molecule has 1 aliphatic heterocycles. The molecule has 0 atom stereocenters. The van der Waals surface area contributed by atoms with Crippen LogP contribution in [0.5, 0.6) is 0 Å². The van der Waals surface area contributed by atoms with Crippen LogP contribution in [0, 0.1) is 11.3 Å². The van der Waals surface area contributed by atoms with Crippen molar-refractivity contribution in [2.75, 3.05) is 10.2 Å². The molecule has 1 aromatic carbocycles. The van der Waals surface area contributed by atoms with Gasteiger partial charge in [-0.15, -0.1) is 0 Å². The molecule has 2 aromatic rings. The number of rotatable bonds is 6. The van der Waals surface area contributed by atoms with E-state index in [1.165, 1.54) is 29.2 Å². The van der Waals surface area contributed by atoms with Crippen LogP contribution < -0.4 is 10.2 Å². The second-order valence-corrected chi connectivity index (χ2v) is 10.1. The molecule has 3 amide bonds. The van der Waals surface area contributed by atoms with Gasteiger partial charge in [-0.25, -0.2) is 14.7 Å². The number of nitriles is 1. The van der Waals surface area contributed by atoms with Crippen molar-refractivity contribution in [2.24, 2.45) is 0 Å². The zero-order valence-corrected chi connectivity index (χ0v) is 19.9. The van der Waals surface area contributed by atoms with Crippen LogP contribution >= 0.6 is 0 Å². The first kappa shape index (κ1) is 24.5. The third-order valence-electron chi connectivity index (χ3n) is 6.68. The number of nitrogens with one attached hydrogen (secondary N) is 1. The third-order valence-corrected chi connectivity index (χ3v) is 6.68. The molecule has 7 nitrogen and oxygen atoms in total. The molecule has 184 valence electrons. The van der Waals surface area contributed by atoms with Crippen molar-refractivity contribution < 1.29 is 22.8 Å². The molecule has 1 aliphatic carbocycles. The number of amides is 3. The van der Waals surface area contributed by atoms with Gasteiger partial charge in [-0.1, -0.05) is 12.1 Å². The molecule has 2 heterocycles. The lowest BCUT2D eigenvalue weighted by Crippen LogP contribution is -2.43. The number of anilines is 2. The van der Waals surface area contributed by atoms with Crippen molar-refractivity contribution >= 4 is 23.4 Å². The van der Waals surface area contributed by atoms with E-state index in [-0.39, 0.29) is 30.6 Å². The summed E-state index contributed by atoms with van der Waals surface area (Å²) in [6, 6.07) is 10.5. The summed E-state index contributed by atoms with van der Waals surface area (Å²) in [7, 11) is 0. The summed E-state index contributed by atoms with van der Waals surface area (Å²) in [5.41, 5.74) is -2.79. The molecule has 0 unspecified atom stereocenters. The molecule has 2 fully saturated rings. The number of benzene rings is 1. The summed E-state index contributed by atoms with van der Waals surface area (Å²) < 4.78 is 40.4. The Balaban J connectivity index is 1.57. The lowest BCUT2D eigenvalue weighted by atomic mass is 9.95. The van der Waals surface area contributed by atoms with Crippen molar-refractivity contribution in [3.05, 3.63) is 53.7 Å². The highest BCUT2D eigenvalue weighted by molar-refractivity contribution is 6.22. The van der Waals surface area contributed by atoms with E-state index in [9.17, 15) is 28.0 Å². The Morgan fingerprint density at radius 2 is 1.74 bits per heavy atom. The zero-order chi connectivity index (χ0) is 25.8. The highest BCUT2D eigenvalue weighted by atomic mass is 19.4. The Kier molecular flexibility index (Phi) is 5.58. The smallest absolute Gasteiger partial charge is 0.353 e. The molecule has 1 N–H and O–H groups in total. The van der Waals surface area contributed by atoms with E-state index in [4.69, 9.17) is 0 Å². The number of hydrogen-bond acceptors (Lipinski definition) is 5. The van der Waals surface area contributed by atoms with Gasteiger partial charge in [0.05, 0.1) is 17.2 Å². The normalized spacial score (nSPS) is 19.0. The number of nitrogens with zero attached hydrogens (tertiary/aromatic N) is 4. The minimum atomic E-state index is -4.34. The van der Waals surface area contributed by atoms with Crippen LogP contribution in [0.15, 0.2) is 42.6 Å². The van der Waals surface area contributed by atoms with Crippen molar-refractivity contribution in [1.82, 2.24) is 9.88 Å². The standard InChI is InChI=1S/C25H26F3N5O2/c1-22(2,15-29)31-19-13-16(9-12-30-19)14-32-21(35)33(20(34)23(32,3)4)18-7-5-17(6-8-18)24(10-11-24)25(26,27)28/h5-9,12-13H,10-11,14H2,1-4H3,(H,30,31). The van der Waals surface area contributed by atoms with Crippen molar-refractivity contribution in [2.45, 2.75) is 69.8 Å². The molecule has 1 aromatic heterocycles. The Bertz CT molecular complexity index is 1210. The highest BCUT2D eigenvalue weighted by Gasteiger charge is 2.64. The van der Waals surface area contributed by atoms with Gasteiger partial charge in [-0.05, 0) is 75.9 Å². The summed E-state index contributed by atoms with van der Waals surface area (Å²) in [6.07, 6.45) is -2.72. The van der Waals surface area contributed by atoms with Crippen LogP contribution in [-0.4, -0.2) is 39.1 Å². The minimum absolute atomic E-state index is 0.0343. The number of carbonyl (C=O) groups is 2. The van der Waals surface area contributed by atoms with Crippen molar-refractivity contribution in [3.8, 4) is 6.07 Å². The average Bonchev–Trinajstić information content (AvgIpc) is 3.57. The predicted octanol–water partition coefficient (Wildman–Crippen LogP) is 5.14. The number of imide groups is 1. The molecule has 1 saturated heterocycles. The van der Waals surface area contributed by atoms with Crippen LogP contribution in [0.4, 0.5) is 29.5 Å². The van der Waals surface area contributed by atoms with Crippen molar-refractivity contribution in [3.63, 3.8) is 0 Å². The number of hydrogen-bond donors (Lipinski definition) is 1. The van der Waals surface area contributed by atoms with Gasteiger partial charge in [-0.3, -0.25) is 4.79 Å². The van der Waals surface area contributed by atoms with Gasteiger partial charge in [0.1, 0.15) is 16.9 Å². The van der Waals surface area contributed by atoms with Crippen LogP contribution in [0.25, 0.3) is 0 Å². The molecular formula is C25H26F3N5O2. The van der Waals surface area contributed by atoms with Gasteiger partial charge in [-0.2, -0.15) is 18.4 Å². The lowest BCUT2D eigenvalue weighted by molar-refractivity contribution is -0.160. The Hall–Kier alpha value is -3.61. The lowest BCUT2D eigenvalue weighted by Gasteiger charge is -2.28. The topological polar surface area (TPSA) is 89.3 Å². The number of urea groups is 1. The molecule has 0 spiro atoms. The second kappa shape index (κ2) is 7.97. The van der Waals surface area contributed by atoms with E-state index in [0.717, 1.165) is 4.90 Å². The van der Waals surface area contributed by atoms with E-state index >= 15 is 0 Å². The fraction of sp³-hybridized carbons (Fsp3) is 0.440. The second-order valence-electron chi connectivity index (χ2n) is 10.1. The summed E-state index contributed by atoms with van der Waals surface area (Å²) >= 11 is 0. The third kappa shape index (κ3) is 4.20. The first-order valence-electron chi connectivity index (χ1n) is 11.2. The number of halogens is 3. The maximum absolute atomic E-state index is 13.5. The molecule has 10 heteroatoms. The van der Waals surface area contributed by atoms with Gasteiger partial charge in [0.25, 0.3) is 5.91 Å². The van der Waals surface area contributed by atoms with Crippen LogP contribution in [0.1, 0.15) is 51.7 Å². The fourth-order valence-corrected chi connectivity index (χ4v) is 4.29. The summed E-state index contributed by atoms with van der Waals surface area (Å²) in [6.45, 7) is 6.77. The molecular weight excluding hydrogens is 459 g/mol.